The van der Waals surface area contributed by atoms with E-state index in [1.165, 1.54) is 18.2 Å². The van der Waals surface area contributed by atoms with Crippen molar-refractivity contribution in [1.29, 1.82) is 0 Å². The minimum Gasteiger partial charge on any atom is -0.348 e. The van der Waals surface area contributed by atoms with Gasteiger partial charge in [0, 0.05) is 23.8 Å². The first-order chi connectivity index (χ1) is 16.8. The first-order valence-electron chi connectivity index (χ1n) is 10.7. The van der Waals surface area contributed by atoms with Crippen molar-refractivity contribution in [3.8, 4) is 11.3 Å². The highest BCUT2D eigenvalue weighted by atomic mass is 35.5. The van der Waals surface area contributed by atoms with Gasteiger partial charge in [-0.1, -0.05) is 41.4 Å². The summed E-state index contributed by atoms with van der Waals surface area (Å²) < 4.78 is 28.1. The number of hydrogen-bond donors (Lipinski definition) is 4. The normalized spacial score (nSPS) is 15.9. The molecule has 2 aromatic carbocycles. The van der Waals surface area contributed by atoms with Crippen LogP contribution in [0, 0.1) is 0 Å². The van der Waals surface area contributed by atoms with Crippen molar-refractivity contribution in [2.75, 3.05) is 17.8 Å². The van der Waals surface area contributed by atoms with Crippen LogP contribution in [-0.4, -0.2) is 48.6 Å². The summed E-state index contributed by atoms with van der Waals surface area (Å²) in [7, 11) is -3.95. The van der Waals surface area contributed by atoms with Gasteiger partial charge in [0.15, 0.2) is 5.65 Å². The van der Waals surface area contributed by atoms with Crippen molar-refractivity contribution >= 4 is 55.9 Å². The highest BCUT2D eigenvalue weighted by Gasteiger charge is 2.22. The molecule has 0 spiro atoms. The van der Waals surface area contributed by atoms with Crippen molar-refractivity contribution < 1.29 is 13.2 Å². The standard InChI is InChI=1S/C23H20Cl2N6O3S/c24-18-2-1-3-20(21(18)25)35(33,34)31-14-6-4-13(5-7-14)19-10-16(17-12-27-30-22(17)29-19)23(32)28-15-8-9-26-11-15/h1-7,10,12,15,26,31H,8-9,11H2,(H,28,32)(H,27,29,30)/t15-/m1/s1. The van der Waals surface area contributed by atoms with E-state index in [1.807, 2.05) is 0 Å². The third-order valence-electron chi connectivity index (χ3n) is 5.70. The number of hydrogen-bond acceptors (Lipinski definition) is 6. The number of carbonyl (C=O) groups is 1. The second-order valence-corrected chi connectivity index (χ2v) is 10.5. The van der Waals surface area contributed by atoms with Gasteiger partial charge in [0.05, 0.1) is 32.9 Å². The summed E-state index contributed by atoms with van der Waals surface area (Å²) in [6.07, 6.45) is 2.45. The van der Waals surface area contributed by atoms with Crippen molar-refractivity contribution in [3.05, 3.63) is 70.3 Å². The second kappa shape index (κ2) is 9.46. The fourth-order valence-corrected chi connectivity index (χ4v) is 5.74. The summed E-state index contributed by atoms with van der Waals surface area (Å²) in [4.78, 5) is 17.4. The van der Waals surface area contributed by atoms with Gasteiger partial charge >= 0.3 is 0 Å². The highest BCUT2D eigenvalue weighted by Crippen LogP contribution is 2.31. The van der Waals surface area contributed by atoms with Gasteiger partial charge in [-0.2, -0.15) is 5.10 Å². The van der Waals surface area contributed by atoms with Crippen LogP contribution in [0.1, 0.15) is 16.8 Å². The number of aromatic amines is 1. The lowest BCUT2D eigenvalue weighted by atomic mass is 10.1. The van der Waals surface area contributed by atoms with Crippen molar-refractivity contribution in [2.45, 2.75) is 17.4 Å². The molecule has 0 aliphatic carbocycles. The molecule has 0 radical (unpaired) electrons. The van der Waals surface area contributed by atoms with E-state index in [0.29, 0.717) is 33.5 Å². The Hall–Kier alpha value is -3.18. The molecule has 2 aromatic heterocycles. The maximum atomic E-state index is 13.0. The molecule has 1 fully saturated rings. The van der Waals surface area contributed by atoms with E-state index in [2.05, 4.69) is 30.5 Å². The molecule has 0 saturated carbocycles. The smallest absolute Gasteiger partial charge is 0.263 e. The van der Waals surface area contributed by atoms with Crippen molar-refractivity contribution in [1.82, 2.24) is 25.8 Å². The molecule has 1 saturated heterocycles. The number of aromatic nitrogens is 3. The van der Waals surface area contributed by atoms with Crippen LogP contribution < -0.4 is 15.4 Å². The van der Waals surface area contributed by atoms with Crippen molar-refractivity contribution in [3.63, 3.8) is 0 Å². The summed E-state index contributed by atoms with van der Waals surface area (Å²) >= 11 is 12.0. The summed E-state index contributed by atoms with van der Waals surface area (Å²) in [6, 6.07) is 12.8. The molecular formula is C23H20Cl2N6O3S. The third kappa shape index (κ3) is 4.83. The first-order valence-corrected chi connectivity index (χ1v) is 13.0. The number of nitrogens with one attached hydrogen (secondary N) is 4. The van der Waals surface area contributed by atoms with Gasteiger partial charge < -0.3 is 10.6 Å². The van der Waals surface area contributed by atoms with E-state index < -0.39 is 10.0 Å². The number of amides is 1. The summed E-state index contributed by atoms with van der Waals surface area (Å²) in [5.41, 5.74) is 2.52. The summed E-state index contributed by atoms with van der Waals surface area (Å²) in [5.74, 6) is -0.198. The second-order valence-electron chi connectivity index (χ2n) is 8.09. The zero-order valence-corrected chi connectivity index (χ0v) is 20.5. The lowest BCUT2D eigenvalue weighted by molar-refractivity contribution is 0.0941. The quantitative estimate of drug-likeness (QED) is 0.300. The maximum Gasteiger partial charge on any atom is 0.263 e. The average molecular weight is 531 g/mol. The molecule has 1 atom stereocenters. The average Bonchev–Trinajstić information content (AvgIpc) is 3.52. The van der Waals surface area contributed by atoms with Crippen molar-refractivity contribution in [2.24, 2.45) is 0 Å². The van der Waals surface area contributed by atoms with E-state index in [4.69, 9.17) is 23.2 Å². The van der Waals surface area contributed by atoms with Gasteiger partial charge in [0.2, 0.25) is 0 Å². The fourth-order valence-electron chi connectivity index (χ4n) is 3.92. The number of pyridine rings is 1. The van der Waals surface area contributed by atoms with Crippen LogP contribution in [0.3, 0.4) is 0 Å². The number of rotatable bonds is 6. The number of sulfonamides is 1. The highest BCUT2D eigenvalue weighted by molar-refractivity contribution is 7.92. The van der Waals surface area contributed by atoms with Gasteiger partial charge in [-0.05, 0) is 43.3 Å². The Morgan fingerprint density at radius 2 is 1.91 bits per heavy atom. The molecule has 12 heteroatoms. The zero-order chi connectivity index (χ0) is 24.6. The molecule has 3 heterocycles. The lowest BCUT2D eigenvalue weighted by Crippen LogP contribution is -2.36. The third-order valence-corrected chi connectivity index (χ3v) is 8.06. The van der Waals surface area contributed by atoms with E-state index >= 15 is 0 Å². The van der Waals surface area contributed by atoms with Crippen LogP contribution in [0.15, 0.2) is 59.6 Å². The Bertz CT molecular complexity index is 1520. The SMILES string of the molecule is O=C(N[C@@H]1CCNC1)c1cc(-c2ccc(NS(=O)(=O)c3cccc(Cl)c3Cl)cc2)nc2[nH]ncc12. The number of nitrogens with zero attached hydrogens (tertiary/aromatic N) is 2. The van der Waals surface area contributed by atoms with E-state index in [1.54, 1.807) is 36.5 Å². The number of fused-ring (bicyclic) bond motifs is 1. The summed E-state index contributed by atoms with van der Waals surface area (Å²) in [5, 5.41) is 13.9. The Morgan fingerprint density at radius 3 is 2.66 bits per heavy atom. The van der Waals surface area contributed by atoms with E-state index in [0.717, 1.165) is 19.5 Å². The molecule has 0 unspecified atom stereocenters. The van der Waals surface area contributed by atoms with E-state index in [-0.39, 0.29) is 26.9 Å². The minimum atomic E-state index is -3.95. The predicted octanol–water partition coefficient (Wildman–Crippen LogP) is 3.82. The zero-order valence-electron chi connectivity index (χ0n) is 18.2. The molecule has 1 aliphatic heterocycles. The molecule has 0 bridgehead atoms. The molecule has 35 heavy (non-hydrogen) atoms. The Kier molecular flexibility index (Phi) is 6.37. The number of halogens is 2. The number of anilines is 1. The van der Waals surface area contributed by atoms with Gasteiger partial charge in [-0.3, -0.25) is 14.6 Å². The van der Waals surface area contributed by atoms with E-state index in [9.17, 15) is 13.2 Å². The topological polar surface area (TPSA) is 129 Å². The van der Waals surface area contributed by atoms with Gasteiger partial charge in [0.25, 0.3) is 15.9 Å². The monoisotopic (exact) mass is 530 g/mol. The Morgan fingerprint density at radius 1 is 1.11 bits per heavy atom. The number of carbonyl (C=O) groups excluding carboxylic acids is 1. The van der Waals surface area contributed by atoms with Crippen LogP contribution in [0.25, 0.3) is 22.3 Å². The summed E-state index contributed by atoms with van der Waals surface area (Å²) in [6.45, 7) is 1.60. The maximum absolute atomic E-state index is 13.0. The molecule has 4 aromatic rings. The van der Waals surface area contributed by atoms with Crippen LogP contribution in [0.2, 0.25) is 10.0 Å². The van der Waals surface area contributed by atoms with Gasteiger partial charge in [0.1, 0.15) is 4.90 Å². The first kappa shape index (κ1) is 23.6. The molecule has 4 N–H and O–H groups in total. The van der Waals surface area contributed by atoms with Crippen LogP contribution in [0.5, 0.6) is 0 Å². The number of benzene rings is 2. The molecular weight excluding hydrogens is 511 g/mol. The molecule has 9 nitrogen and oxygen atoms in total. The lowest BCUT2D eigenvalue weighted by Gasteiger charge is -2.13. The molecule has 1 amide bonds. The minimum absolute atomic E-state index is 0.0467. The molecule has 1 aliphatic rings. The molecule has 180 valence electrons. The van der Waals surface area contributed by atoms with Gasteiger partial charge in [-0.25, -0.2) is 13.4 Å². The van der Waals surface area contributed by atoms with Crippen LogP contribution in [0.4, 0.5) is 5.69 Å². The van der Waals surface area contributed by atoms with Crippen LogP contribution in [-0.2, 0) is 10.0 Å². The molecule has 5 rings (SSSR count). The largest absolute Gasteiger partial charge is 0.348 e. The Labute approximate surface area is 211 Å². The predicted molar refractivity (Wildman–Crippen MR) is 135 cm³/mol. The van der Waals surface area contributed by atoms with Crippen LogP contribution >= 0.6 is 23.2 Å². The Balaban J connectivity index is 1.42. The fraction of sp³-hybridized carbons (Fsp3) is 0.174. The van der Waals surface area contributed by atoms with Gasteiger partial charge in [-0.15, -0.1) is 0 Å². The number of H-pyrrole nitrogens is 1.